The number of carbonyl (C=O) groups is 3. The second kappa shape index (κ2) is 26.8. The van der Waals surface area contributed by atoms with Crippen LogP contribution < -0.4 is 19.1 Å². The normalized spacial score (nSPS) is 17.3. The molecular formula is C79H77F3N12O8S. The van der Waals surface area contributed by atoms with Crippen LogP contribution in [0.15, 0.2) is 187 Å². The number of ether oxygens (including phenoxy) is 3. The Hall–Kier alpha value is -10.9. The molecule has 24 heteroatoms. The fraction of sp³-hybridized carbons (Fsp3) is 0.329. The molecule has 0 unspecified atom stereocenters. The molecule has 0 saturated carbocycles. The average Bonchev–Trinajstić information content (AvgIpc) is 1.65. The Morgan fingerprint density at radius 1 is 0.602 bits per heavy atom. The minimum atomic E-state index is -4.75. The van der Waals surface area contributed by atoms with Gasteiger partial charge in [0, 0.05) is 133 Å². The summed E-state index contributed by atoms with van der Waals surface area (Å²) in [5, 5.41) is 17.6. The van der Waals surface area contributed by atoms with Gasteiger partial charge in [0.1, 0.15) is 40.4 Å². The van der Waals surface area contributed by atoms with Gasteiger partial charge in [-0.1, -0.05) is 54.6 Å². The number of carbonyl (C=O) groups excluding carboxylic acids is 3. The zero-order valence-electron chi connectivity index (χ0n) is 57.6. The van der Waals surface area contributed by atoms with Gasteiger partial charge in [0.2, 0.25) is 0 Å². The van der Waals surface area contributed by atoms with E-state index in [0.29, 0.717) is 63.1 Å². The van der Waals surface area contributed by atoms with Crippen LogP contribution in [0.3, 0.4) is 0 Å². The van der Waals surface area contributed by atoms with E-state index in [2.05, 4.69) is 55.1 Å². The van der Waals surface area contributed by atoms with E-state index in [1.807, 2.05) is 113 Å². The molecule has 0 N–H and O–H groups in total. The molecule has 103 heavy (non-hydrogen) atoms. The molecule has 3 amide bonds. The number of piperidine rings is 4. The number of likely N-dealkylation sites (tertiary alicyclic amines) is 3. The summed E-state index contributed by atoms with van der Waals surface area (Å²) in [5.41, 5.74) is 6.69. The number of nitrogens with zero attached hydrogens (tertiary/aromatic N) is 12. The highest BCUT2D eigenvalue weighted by atomic mass is 32.2. The molecule has 20 nitrogen and oxygen atoms in total. The van der Waals surface area contributed by atoms with Crippen molar-refractivity contribution in [1.82, 2.24) is 48.4 Å². The van der Waals surface area contributed by atoms with Crippen molar-refractivity contribution in [3.05, 3.63) is 233 Å². The Morgan fingerprint density at radius 3 is 1.83 bits per heavy atom. The minimum Gasteiger partial charge on any atom is -0.482 e. The van der Waals surface area contributed by atoms with Crippen LogP contribution in [0.1, 0.15) is 137 Å². The summed E-state index contributed by atoms with van der Waals surface area (Å²) in [6, 6.07) is 50.1. The lowest BCUT2D eigenvalue weighted by molar-refractivity contribution is -0.143. The standard InChI is InChI=1S/C27H27N3O4S.C26H22F3N5O2.C26H28N4O2/c1-18(2)35(32,33)22-10-8-20(9-11-22)26(31)29-14-12-27(13-15-29)25-19(3)16-21(17-28)30(25)23-6-4-5-7-24(23)34-27;1-32-22-18-9-5-6-10-21(18)36-25(20(22)16-30-32)11-13-33(14-12-25)24(35)19-15-31-34(23(19)26(27,28)29)17-7-3-2-4-8-17;31-25(20-10-13-27-24(19-20)28-14-4-1-5-15-28)29-17-11-26(12-18-29)23-9-6-16-30(23)21-7-2-3-8-22(21)32-26/h4-11,16,18H,12-15H2,1-3H3;2-10,15-16H,11-14H2,1H3;2-3,6-10,13,16,19H,1,4-5,11-12,14-15,17-18H2. The number of para-hydroxylation sites is 6. The molecule has 3 spiro atoms. The highest BCUT2D eigenvalue weighted by Gasteiger charge is 2.50. The number of amides is 3. The van der Waals surface area contributed by atoms with Gasteiger partial charge in [0.05, 0.1) is 62.2 Å². The quantitative estimate of drug-likeness (QED) is 0.146. The predicted molar refractivity (Wildman–Crippen MR) is 380 cm³/mol. The van der Waals surface area contributed by atoms with E-state index in [-0.39, 0.29) is 41.1 Å². The summed E-state index contributed by atoms with van der Waals surface area (Å²) in [4.78, 5) is 52.2. The highest BCUT2D eigenvalue weighted by molar-refractivity contribution is 7.92. The van der Waals surface area contributed by atoms with E-state index in [1.165, 1.54) is 54.1 Å². The Labute approximate surface area is 595 Å². The fourth-order valence-corrected chi connectivity index (χ4v) is 16.9. The predicted octanol–water partition coefficient (Wildman–Crippen LogP) is 13.6. The number of sulfone groups is 1. The zero-order chi connectivity index (χ0) is 71.6. The number of aromatic nitrogens is 7. The van der Waals surface area contributed by atoms with Gasteiger partial charge in [-0.15, -0.1) is 0 Å². The van der Waals surface area contributed by atoms with Gasteiger partial charge < -0.3 is 38.4 Å². The van der Waals surface area contributed by atoms with Crippen molar-refractivity contribution in [1.29, 1.82) is 5.26 Å². The molecular weight excluding hydrogens is 1330 g/mol. The van der Waals surface area contributed by atoms with Crippen LogP contribution in [0.5, 0.6) is 17.2 Å². The maximum absolute atomic E-state index is 14.1. The lowest BCUT2D eigenvalue weighted by atomic mass is 9.81. The highest BCUT2D eigenvalue weighted by Crippen LogP contribution is 2.51. The average molecular weight is 1410 g/mol. The van der Waals surface area contributed by atoms with Gasteiger partial charge >= 0.3 is 6.18 Å². The van der Waals surface area contributed by atoms with E-state index in [0.717, 1.165) is 105 Å². The third-order valence-corrected chi connectivity index (χ3v) is 23.4. The van der Waals surface area contributed by atoms with Crippen LogP contribution in [-0.4, -0.2) is 132 Å². The molecule has 0 aliphatic carbocycles. The number of anilines is 1. The van der Waals surface area contributed by atoms with Gasteiger partial charge in [-0.2, -0.15) is 28.6 Å². The summed E-state index contributed by atoms with van der Waals surface area (Å²) in [6.07, 6.45) is 9.18. The monoisotopic (exact) mass is 1410 g/mol. The molecule has 0 atom stereocenters. The van der Waals surface area contributed by atoms with Crippen LogP contribution in [0.25, 0.3) is 28.3 Å². The van der Waals surface area contributed by atoms with Gasteiger partial charge in [-0.05, 0) is 149 Å². The molecule has 17 rings (SSSR count). The number of hydrogen-bond donors (Lipinski definition) is 0. The third kappa shape index (κ3) is 12.2. The molecule has 12 heterocycles. The first kappa shape index (κ1) is 67.9. The van der Waals surface area contributed by atoms with Crippen molar-refractivity contribution >= 4 is 33.4 Å². The molecule has 528 valence electrons. The number of halogens is 3. The third-order valence-electron chi connectivity index (χ3n) is 21.2. The second-order valence-corrected chi connectivity index (χ2v) is 30.1. The van der Waals surface area contributed by atoms with Gasteiger partial charge in [-0.25, -0.2) is 18.1 Å². The number of aryl methyl sites for hydroxylation is 2. The van der Waals surface area contributed by atoms with Crippen LogP contribution in [0, 0.1) is 18.3 Å². The number of pyridine rings is 1. The summed E-state index contributed by atoms with van der Waals surface area (Å²) >= 11 is 0. The zero-order valence-corrected chi connectivity index (χ0v) is 58.4. The van der Waals surface area contributed by atoms with E-state index in [4.69, 9.17) is 14.2 Å². The van der Waals surface area contributed by atoms with E-state index in [1.54, 1.807) is 61.5 Å². The van der Waals surface area contributed by atoms with Crippen molar-refractivity contribution in [3.8, 4) is 51.6 Å². The first-order valence-electron chi connectivity index (χ1n) is 35.0. The lowest BCUT2D eigenvalue weighted by Crippen LogP contribution is -2.50. The molecule has 0 radical (unpaired) electrons. The Bertz CT molecular complexity index is 5040. The lowest BCUT2D eigenvalue weighted by Gasteiger charge is -2.45. The van der Waals surface area contributed by atoms with E-state index < -0.39 is 49.6 Å². The fourth-order valence-electron chi connectivity index (χ4n) is 15.9. The maximum atomic E-state index is 14.1. The van der Waals surface area contributed by atoms with Crippen molar-refractivity contribution in [2.45, 2.75) is 112 Å². The van der Waals surface area contributed by atoms with Crippen LogP contribution in [0.4, 0.5) is 19.0 Å². The van der Waals surface area contributed by atoms with Gasteiger partial charge in [0.25, 0.3) is 17.7 Å². The van der Waals surface area contributed by atoms with Crippen LogP contribution in [0.2, 0.25) is 0 Å². The smallest absolute Gasteiger partial charge is 0.434 e. The summed E-state index contributed by atoms with van der Waals surface area (Å²) in [6.45, 7) is 10.1. The first-order valence-corrected chi connectivity index (χ1v) is 36.6. The molecule has 5 aromatic heterocycles. The van der Waals surface area contributed by atoms with Crippen molar-refractivity contribution in [3.63, 3.8) is 0 Å². The SMILES string of the molecule is Cc1cc(C#N)n2c1C1(CCN(C(=O)c3ccc(S(=O)(=O)C(C)C)cc3)CC1)Oc1ccccc1-2.Cn1ncc2c1-c1ccccc1OC21CCN(C(=O)c2cnn(-c3ccccc3)c2C(F)(F)F)CC1.O=C(c1ccnc(N2CCCCC2)c1)N1CCC2(CC1)Oc1ccccc1-n1cccc12. The molecule has 10 aromatic rings. The summed E-state index contributed by atoms with van der Waals surface area (Å²) in [7, 11) is -1.52. The Morgan fingerprint density at radius 2 is 1.17 bits per heavy atom. The van der Waals surface area contributed by atoms with E-state index in [9.17, 15) is 41.2 Å². The number of nitriles is 1. The van der Waals surface area contributed by atoms with Crippen molar-refractivity contribution < 1.29 is 50.2 Å². The summed E-state index contributed by atoms with van der Waals surface area (Å²) < 4.78 is 93.6. The molecule has 7 aliphatic rings. The molecule has 0 bridgehead atoms. The molecule has 7 aliphatic heterocycles. The van der Waals surface area contributed by atoms with Crippen LogP contribution >= 0.6 is 0 Å². The topological polar surface area (TPSA) is 208 Å². The van der Waals surface area contributed by atoms with Gasteiger partial charge in [0.15, 0.2) is 26.7 Å². The van der Waals surface area contributed by atoms with Crippen LogP contribution in [-0.2, 0) is 39.9 Å². The number of alkyl halides is 3. The van der Waals surface area contributed by atoms with Gasteiger partial charge in [-0.3, -0.25) is 23.6 Å². The Kier molecular flexibility index (Phi) is 17.7. The first-order chi connectivity index (χ1) is 49.7. The van der Waals surface area contributed by atoms with Crippen molar-refractivity contribution in [2.24, 2.45) is 7.05 Å². The Balaban J connectivity index is 0.000000125. The van der Waals surface area contributed by atoms with E-state index >= 15 is 0 Å². The largest absolute Gasteiger partial charge is 0.482 e. The molecule has 5 aromatic carbocycles. The number of rotatable bonds is 7. The summed E-state index contributed by atoms with van der Waals surface area (Å²) in [5.74, 6) is 2.57. The molecule has 4 saturated heterocycles. The molecule has 4 fully saturated rings. The second-order valence-electron chi connectivity index (χ2n) is 27.6. The van der Waals surface area contributed by atoms with Crippen molar-refractivity contribution in [2.75, 3.05) is 57.3 Å². The number of benzene rings is 5. The minimum absolute atomic E-state index is 0.0899. The number of hydrogen-bond acceptors (Lipinski definition) is 13. The number of fused-ring (bicyclic) bond motifs is 12. The maximum Gasteiger partial charge on any atom is 0.434 e.